The third kappa shape index (κ3) is 3.85. The van der Waals surface area contributed by atoms with Crippen LogP contribution in [-0.2, 0) is 14.3 Å². The molecule has 6 rings (SSSR count). The van der Waals surface area contributed by atoms with E-state index in [0.29, 0.717) is 12.3 Å². The Kier molecular flexibility index (Phi) is 6.83. The normalized spacial score (nSPS) is 53.5. The van der Waals surface area contributed by atoms with Crippen molar-refractivity contribution >= 4 is 5.97 Å². The van der Waals surface area contributed by atoms with Gasteiger partial charge in [-0.25, -0.2) is 0 Å². The molecule has 0 amide bonds. The topological polar surface area (TPSA) is 122 Å². The number of aliphatic hydroxyl groups is 3. The summed E-state index contributed by atoms with van der Waals surface area (Å²) in [6, 6.07) is -0.670. The lowest BCUT2D eigenvalue weighted by Crippen LogP contribution is -2.63. The van der Waals surface area contributed by atoms with Crippen molar-refractivity contribution in [3.05, 3.63) is 0 Å². The third-order valence-electron chi connectivity index (χ3n) is 15.0. The summed E-state index contributed by atoms with van der Waals surface area (Å²) >= 11 is 0. The summed E-state index contributed by atoms with van der Waals surface area (Å²) in [6.45, 7) is 18.9. The third-order valence-corrected chi connectivity index (χ3v) is 15.0. The van der Waals surface area contributed by atoms with E-state index in [-0.39, 0.29) is 63.0 Å². The number of hydrogen-bond acceptors (Lipinski definition) is 7. The molecule has 0 radical (unpaired) electrons. The number of hydrogen-bond donors (Lipinski definition) is 4. The lowest BCUT2D eigenvalue weighted by molar-refractivity contribution is -0.221. The second-order valence-corrected chi connectivity index (χ2v) is 18.1. The van der Waals surface area contributed by atoms with Crippen LogP contribution in [-0.4, -0.2) is 62.9 Å². The Morgan fingerprint density at radius 1 is 0.952 bits per heavy atom. The summed E-state index contributed by atoms with van der Waals surface area (Å²) in [5.41, 5.74) is 4.40. The molecule has 0 aromatic carbocycles. The van der Waals surface area contributed by atoms with Crippen molar-refractivity contribution in [3.63, 3.8) is 0 Å². The molecule has 2 unspecified atom stereocenters. The Morgan fingerprint density at radius 2 is 1.62 bits per heavy atom. The highest BCUT2D eigenvalue weighted by Crippen LogP contribution is 2.89. The van der Waals surface area contributed by atoms with Crippen LogP contribution in [0.1, 0.15) is 120 Å². The monoisotopic (exact) mass is 589 g/mol. The van der Waals surface area contributed by atoms with E-state index in [1.807, 2.05) is 27.7 Å². The minimum atomic E-state index is -0.923. The second kappa shape index (κ2) is 9.18. The number of fused-ring (bicyclic) bond motifs is 2. The first-order valence-electron chi connectivity index (χ1n) is 16.9. The Bertz CT molecular complexity index is 1120. The van der Waals surface area contributed by atoms with Crippen LogP contribution in [0.25, 0.3) is 0 Å². The molecule has 0 bridgehead atoms. The second-order valence-electron chi connectivity index (χ2n) is 18.1. The molecule has 6 aliphatic rings. The summed E-state index contributed by atoms with van der Waals surface area (Å²) in [6.07, 6.45) is 6.64. The number of aliphatic hydroxyl groups excluding tert-OH is 2. The van der Waals surface area contributed by atoms with E-state index in [1.54, 1.807) is 0 Å². The molecule has 1 aliphatic heterocycles. The fourth-order valence-electron chi connectivity index (χ4n) is 12.7. The molecule has 1 heterocycles. The highest BCUT2D eigenvalue weighted by molar-refractivity contribution is 5.76. The predicted molar refractivity (Wildman–Crippen MR) is 161 cm³/mol. The number of nitrogens with two attached hydrogens (primary N) is 1. The standard InChI is InChI=1S/C35H59NO6/c1-19(2)25(36)28(39)41-21-16-22-32(8)17-20(37)26(33(9)12-11-24(42-33)30(5,6)40)31(32,7)14-15-34(22)18-35(34)13-10-23(38)29(3,4)27(21)35/h19-27,37-38,40H,10-18,36H2,1-9H3/t20-,21-,22?,23-,24-,25?,26-,27-,31+,32-,33+,34-,35+/m0/s1. The zero-order valence-electron chi connectivity index (χ0n) is 27.7. The van der Waals surface area contributed by atoms with Gasteiger partial charge in [0.25, 0.3) is 0 Å². The summed E-state index contributed by atoms with van der Waals surface area (Å²) in [4.78, 5) is 13.4. The van der Waals surface area contributed by atoms with Crippen LogP contribution < -0.4 is 5.73 Å². The molecule has 7 nitrogen and oxygen atoms in total. The van der Waals surface area contributed by atoms with Crippen molar-refractivity contribution in [3.8, 4) is 0 Å². The Balaban J connectivity index is 1.39. The predicted octanol–water partition coefficient (Wildman–Crippen LogP) is 4.97. The van der Waals surface area contributed by atoms with Gasteiger partial charge < -0.3 is 30.5 Å². The molecule has 240 valence electrons. The first-order valence-corrected chi connectivity index (χ1v) is 16.9. The van der Waals surface area contributed by atoms with Gasteiger partial charge in [0.05, 0.1) is 29.5 Å². The minimum Gasteiger partial charge on any atom is -0.461 e. The van der Waals surface area contributed by atoms with E-state index in [2.05, 4.69) is 34.6 Å². The number of ether oxygens (including phenoxy) is 2. The molecule has 6 fully saturated rings. The molecule has 5 saturated carbocycles. The highest BCUT2D eigenvalue weighted by atomic mass is 16.5. The quantitative estimate of drug-likeness (QED) is 0.334. The highest BCUT2D eigenvalue weighted by Gasteiger charge is 2.85. The van der Waals surface area contributed by atoms with Gasteiger partial charge in [0.1, 0.15) is 12.1 Å². The molecular weight excluding hydrogens is 530 g/mol. The van der Waals surface area contributed by atoms with Crippen LogP contribution in [0, 0.1) is 50.7 Å². The maximum Gasteiger partial charge on any atom is 0.323 e. The largest absolute Gasteiger partial charge is 0.461 e. The van der Waals surface area contributed by atoms with Crippen LogP contribution in [0.15, 0.2) is 0 Å². The van der Waals surface area contributed by atoms with E-state index in [1.165, 1.54) is 0 Å². The fourth-order valence-corrected chi connectivity index (χ4v) is 12.7. The van der Waals surface area contributed by atoms with Crippen molar-refractivity contribution in [2.45, 2.75) is 162 Å². The molecule has 7 heteroatoms. The molecule has 0 aromatic heterocycles. The average molecular weight is 590 g/mol. The summed E-state index contributed by atoms with van der Waals surface area (Å²) < 4.78 is 13.2. The van der Waals surface area contributed by atoms with Gasteiger partial charge in [-0.2, -0.15) is 0 Å². The SMILES string of the molecule is CC(C)C(N)C(=O)O[C@H]1CC2[C@]3(CC[C@]4(C)[C@@H]([C@@]5(C)CC[C@@H](C(C)(C)O)O5)[C@@H](O)C[C@@]24C)C[C@@]32CC[C@H](O)C(C)(C)[C@H]12. The Hall–Kier alpha value is -0.730. The van der Waals surface area contributed by atoms with Crippen LogP contribution in [0.3, 0.4) is 0 Å². The molecule has 5 aliphatic carbocycles. The van der Waals surface area contributed by atoms with Gasteiger partial charge in [0.15, 0.2) is 0 Å². The first kappa shape index (κ1) is 31.3. The van der Waals surface area contributed by atoms with Gasteiger partial charge >= 0.3 is 5.97 Å². The van der Waals surface area contributed by atoms with Crippen molar-refractivity contribution in [2.75, 3.05) is 0 Å². The van der Waals surface area contributed by atoms with Gasteiger partial charge in [0.2, 0.25) is 0 Å². The van der Waals surface area contributed by atoms with Gasteiger partial charge in [-0.05, 0) is 117 Å². The zero-order valence-corrected chi connectivity index (χ0v) is 27.7. The van der Waals surface area contributed by atoms with Gasteiger partial charge in [-0.1, -0.05) is 41.5 Å². The minimum absolute atomic E-state index is 0.0128. The van der Waals surface area contributed by atoms with E-state index < -0.39 is 29.5 Å². The number of carbonyl (C=O) groups is 1. The molecule has 13 atom stereocenters. The Labute approximate surface area is 253 Å². The van der Waals surface area contributed by atoms with Crippen molar-refractivity contribution in [2.24, 2.45) is 56.5 Å². The van der Waals surface area contributed by atoms with E-state index in [0.717, 1.165) is 51.4 Å². The van der Waals surface area contributed by atoms with Crippen LogP contribution in [0.2, 0.25) is 0 Å². The lowest BCUT2D eigenvalue weighted by atomic mass is 9.41. The first-order chi connectivity index (χ1) is 19.2. The van der Waals surface area contributed by atoms with E-state index in [4.69, 9.17) is 15.2 Å². The molecule has 42 heavy (non-hydrogen) atoms. The van der Waals surface area contributed by atoms with E-state index in [9.17, 15) is 20.1 Å². The van der Waals surface area contributed by atoms with Gasteiger partial charge in [-0.3, -0.25) is 4.79 Å². The lowest BCUT2D eigenvalue weighted by Gasteiger charge is -2.64. The van der Waals surface area contributed by atoms with E-state index >= 15 is 0 Å². The van der Waals surface area contributed by atoms with Crippen molar-refractivity contribution in [1.82, 2.24) is 0 Å². The Morgan fingerprint density at radius 3 is 2.21 bits per heavy atom. The van der Waals surface area contributed by atoms with Gasteiger partial charge in [0, 0.05) is 11.8 Å². The number of esters is 1. The molecule has 0 aromatic rings. The summed E-state index contributed by atoms with van der Waals surface area (Å²) in [7, 11) is 0. The smallest absolute Gasteiger partial charge is 0.323 e. The summed E-state index contributed by atoms with van der Waals surface area (Å²) in [5.74, 6) is 0.0143. The average Bonchev–Trinajstić information content (AvgIpc) is 3.24. The zero-order chi connectivity index (χ0) is 31.1. The van der Waals surface area contributed by atoms with Crippen molar-refractivity contribution in [1.29, 1.82) is 0 Å². The van der Waals surface area contributed by atoms with Crippen LogP contribution in [0.5, 0.6) is 0 Å². The molecule has 2 spiro atoms. The number of rotatable bonds is 5. The molecular formula is C35H59NO6. The maximum atomic E-state index is 13.4. The molecule has 5 N–H and O–H groups in total. The van der Waals surface area contributed by atoms with Crippen LogP contribution in [0.4, 0.5) is 0 Å². The van der Waals surface area contributed by atoms with Gasteiger partial charge in [-0.15, -0.1) is 0 Å². The molecule has 1 saturated heterocycles. The number of carbonyl (C=O) groups excluding carboxylic acids is 1. The van der Waals surface area contributed by atoms with Crippen molar-refractivity contribution < 1.29 is 29.6 Å². The summed E-state index contributed by atoms with van der Waals surface area (Å²) in [5, 5.41) is 34.0. The van der Waals surface area contributed by atoms with Crippen LogP contribution >= 0.6 is 0 Å². The maximum absolute atomic E-state index is 13.4. The fraction of sp³-hybridized carbons (Fsp3) is 0.971.